The average molecular weight is 444 g/mol. The van der Waals surface area contributed by atoms with Crippen molar-refractivity contribution in [1.82, 2.24) is 10.3 Å². The number of thiocarbonyl (C=S) groups is 1. The summed E-state index contributed by atoms with van der Waals surface area (Å²) in [6.07, 6.45) is 1.08. The van der Waals surface area contributed by atoms with Gasteiger partial charge in [-0.15, -0.1) is 0 Å². The molecule has 6 heteroatoms. The first-order valence-corrected chi connectivity index (χ1v) is 11.0. The number of hydrogen-bond donors (Lipinski definition) is 2. The van der Waals surface area contributed by atoms with Crippen molar-refractivity contribution in [2.24, 2.45) is 0 Å². The molecule has 0 aliphatic carbocycles. The molecule has 1 atom stereocenters. The summed E-state index contributed by atoms with van der Waals surface area (Å²) in [7, 11) is 0. The Hall–Kier alpha value is -3.51. The van der Waals surface area contributed by atoms with Crippen LogP contribution >= 0.6 is 12.2 Å². The minimum Gasteiger partial charge on any atom is -0.436 e. The normalized spacial score (nSPS) is 11.8. The van der Waals surface area contributed by atoms with Gasteiger partial charge in [0.05, 0.1) is 0 Å². The number of aromatic nitrogens is 1. The monoisotopic (exact) mass is 443 g/mol. The average Bonchev–Trinajstić information content (AvgIpc) is 3.22. The van der Waals surface area contributed by atoms with Crippen molar-refractivity contribution in [3.63, 3.8) is 0 Å². The largest absolute Gasteiger partial charge is 0.436 e. The molecule has 32 heavy (non-hydrogen) atoms. The minimum atomic E-state index is -0.236. The predicted molar refractivity (Wildman–Crippen MR) is 133 cm³/mol. The van der Waals surface area contributed by atoms with Crippen molar-refractivity contribution in [2.45, 2.75) is 33.1 Å². The van der Waals surface area contributed by atoms with Crippen LogP contribution in [0.4, 0.5) is 5.69 Å². The third-order valence-electron chi connectivity index (χ3n) is 5.60. The molecule has 2 N–H and O–H groups in total. The number of fused-ring (bicyclic) bond motifs is 1. The van der Waals surface area contributed by atoms with E-state index in [0.717, 1.165) is 34.3 Å². The van der Waals surface area contributed by atoms with E-state index in [1.54, 1.807) is 6.07 Å². The van der Waals surface area contributed by atoms with Gasteiger partial charge in [-0.1, -0.05) is 38.1 Å². The Morgan fingerprint density at radius 3 is 2.56 bits per heavy atom. The molecule has 0 aliphatic heterocycles. The molecule has 1 heterocycles. The third kappa shape index (κ3) is 4.70. The predicted octanol–water partition coefficient (Wildman–Crippen LogP) is 6.44. The second-order valence-electron chi connectivity index (χ2n) is 7.86. The Morgan fingerprint density at radius 1 is 1.09 bits per heavy atom. The zero-order valence-electron chi connectivity index (χ0n) is 18.3. The van der Waals surface area contributed by atoms with E-state index in [9.17, 15) is 4.79 Å². The number of anilines is 1. The van der Waals surface area contributed by atoms with E-state index in [2.05, 4.69) is 41.6 Å². The molecule has 0 fully saturated rings. The highest BCUT2D eigenvalue weighted by Gasteiger charge is 2.12. The zero-order chi connectivity index (χ0) is 22.7. The van der Waals surface area contributed by atoms with E-state index in [1.807, 2.05) is 55.5 Å². The Morgan fingerprint density at radius 2 is 1.84 bits per heavy atom. The fraction of sp³-hybridized carbons (Fsp3) is 0.192. The van der Waals surface area contributed by atoms with Crippen LogP contribution in [0.1, 0.15) is 47.7 Å². The van der Waals surface area contributed by atoms with E-state index < -0.39 is 0 Å². The number of nitrogens with one attached hydrogen (secondary N) is 2. The molecule has 3 aromatic carbocycles. The van der Waals surface area contributed by atoms with Crippen molar-refractivity contribution in [1.29, 1.82) is 0 Å². The number of hydrogen-bond acceptors (Lipinski definition) is 4. The summed E-state index contributed by atoms with van der Waals surface area (Å²) in [5, 5.41) is 6.00. The summed E-state index contributed by atoms with van der Waals surface area (Å²) < 4.78 is 5.94. The van der Waals surface area contributed by atoms with Gasteiger partial charge in [-0.3, -0.25) is 10.1 Å². The van der Waals surface area contributed by atoms with Gasteiger partial charge < -0.3 is 9.73 Å². The highest BCUT2D eigenvalue weighted by Crippen LogP contribution is 2.28. The number of nitrogens with zero attached hydrogens (tertiary/aromatic N) is 1. The van der Waals surface area contributed by atoms with Gasteiger partial charge in [0.25, 0.3) is 5.91 Å². The van der Waals surface area contributed by atoms with E-state index in [4.69, 9.17) is 16.6 Å². The van der Waals surface area contributed by atoms with Gasteiger partial charge in [-0.2, -0.15) is 0 Å². The molecule has 0 aliphatic rings. The van der Waals surface area contributed by atoms with Crippen molar-refractivity contribution >= 4 is 40.0 Å². The molecule has 0 radical (unpaired) electrons. The molecule has 0 spiro atoms. The van der Waals surface area contributed by atoms with Crippen molar-refractivity contribution in [2.75, 3.05) is 5.32 Å². The maximum atomic E-state index is 12.4. The van der Waals surface area contributed by atoms with Crippen LogP contribution in [0.3, 0.4) is 0 Å². The van der Waals surface area contributed by atoms with Crippen LogP contribution in [0.2, 0.25) is 0 Å². The number of rotatable bonds is 5. The summed E-state index contributed by atoms with van der Waals surface area (Å²) in [4.78, 5) is 17.1. The molecule has 0 saturated carbocycles. The van der Waals surface area contributed by atoms with Crippen molar-refractivity contribution in [3.8, 4) is 11.5 Å². The number of aryl methyl sites for hydroxylation is 1. The molecule has 1 aromatic heterocycles. The number of carbonyl (C=O) groups is 1. The second kappa shape index (κ2) is 9.32. The van der Waals surface area contributed by atoms with Gasteiger partial charge in [0.15, 0.2) is 10.7 Å². The van der Waals surface area contributed by atoms with Crippen LogP contribution in [0.5, 0.6) is 0 Å². The van der Waals surface area contributed by atoms with Crippen LogP contribution in [0.15, 0.2) is 71.1 Å². The van der Waals surface area contributed by atoms with Crippen LogP contribution in [-0.2, 0) is 0 Å². The van der Waals surface area contributed by atoms with Gasteiger partial charge in [-0.05, 0) is 85.1 Å². The van der Waals surface area contributed by atoms with Crippen LogP contribution in [0, 0.1) is 6.92 Å². The number of oxazole rings is 1. The maximum absolute atomic E-state index is 12.4. The Kier molecular flexibility index (Phi) is 6.32. The maximum Gasteiger partial charge on any atom is 0.257 e. The number of benzene rings is 3. The number of carbonyl (C=O) groups excluding carboxylic acids is 1. The van der Waals surface area contributed by atoms with Crippen LogP contribution < -0.4 is 10.6 Å². The first-order chi connectivity index (χ1) is 15.4. The summed E-state index contributed by atoms with van der Waals surface area (Å²) in [6.45, 7) is 6.28. The second-order valence-corrected chi connectivity index (χ2v) is 8.26. The first-order valence-electron chi connectivity index (χ1n) is 10.6. The van der Waals surface area contributed by atoms with Crippen molar-refractivity contribution < 1.29 is 9.21 Å². The summed E-state index contributed by atoms with van der Waals surface area (Å²) in [6, 6.07) is 21.1. The Labute approximate surface area is 192 Å². The lowest BCUT2D eigenvalue weighted by atomic mass is 9.98. The van der Waals surface area contributed by atoms with Gasteiger partial charge in [0, 0.05) is 16.8 Å². The lowest BCUT2D eigenvalue weighted by molar-refractivity contribution is 0.0977. The molecule has 5 nitrogen and oxygen atoms in total. The summed E-state index contributed by atoms with van der Waals surface area (Å²) in [5.74, 6) is 0.823. The highest BCUT2D eigenvalue weighted by atomic mass is 32.1. The summed E-state index contributed by atoms with van der Waals surface area (Å²) in [5.41, 5.74) is 6.02. The number of amides is 1. The highest BCUT2D eigenvalue weighted by molar-refractivity contribution is 7.80. The molecule has 0 bridgehead atoms. The van der Waals surface area contributed by atoms with E-state index in [-0.39, 0.29) is 11.0 Å². The summed E-state index contributed by atoms with van der Waals surface area (Å²) >= 11 is 5.29. The van der Waals surface area contributed by atoms with E-state index >= 15 is 0 Å². The van der Waals surface area contributed by atoms with E-state index in [0.29, 0.717) is 17.4 Å². The SMILES string of the molecule is CCC(C)c1ccc2oc(-c3ccc(NC(=S)NC(=O)c4ccccc4C)cc3)nc2c1. The molecule has 4 rings (SSSR count). The van der Waals surface area contributed by atoms with Gasteiger partial charge in [0.1, 0.15) is 5.52 Å². The van der Waals surface area contributed by atoms with Crippen molar-refractivity contribution in [3.05, 3.63) is 83.4 Å². The Balaban J connectivity index is 1.44. The molecule has 162 valence electrons. The van der Waals surface area contributed by atoms with Gasteiger partial charge >= 0.3 is 0 Å². The smallest absolute Gasteiger partial charge is 0.257 e. The minimum absolute atomic E-state index is 0.236. The fourth-order valence-electron chi connectivity index (χ4n) is 3.47. The standard InChI is InChI=1S/C26H25N3O2S/c1-4-16(2)19-11-14-23-22(15-19)28-25(31-23)18-9-12-20(13-10-18)27-26(32)29-24(30)21-8-6-5-7-17(21)3/h5-16H,4H2,1-3H3,(H2,27,29,30,32). The molecule has 0 saturated heterocycles. The van der Waals surface area contributed by atoms with E-state index in [1.165, 1.54) is 5.56 Å². The lowest BCUT2D eigenvalue weighted by Gasteiger charge is -2.11. The lowest BCUT2D eigenvalue weighted by Crippen LogP contribution is -2.34. The van der Waals surface area contributed by atoms with Crippen LogP contribution in [0.25, 0.3) is 22.6 Å². The quantitative estimate of drug-likeness (QED) is 0.347. The zero-order valence-corrected chi connectivity index (χ0v) is 19.1. The topological polar surface area (TPSA) is 67.2 Å². The Bertz CT molecular complexity index is 1280. The van der Waals surface area contributed by atoms with Gasteiger partial charge in [0.2, 0.25) is 5.89 Å². The molecular weight excluding hydrogens is 418 g/mol. The third-order valence-corrected chi connectivity index (χ3v) is 5.80. The molecule has 4 aromatic rings. The fourth-order valence-corrected chi connectivity index (χ4v) is 3.68. The van der Waals surface area contributed by atoms with Gasteiger partial charge in [-0.25, -0.2) is 4.98 Å². The molecule has 1 amide bonds. The van der Waals surface area contributed by atoms with Crippen LogP contribution in [-0.4, -0.2) is 16.0 Å². The molecular formula is C26H25N3O2S. The first kappa shape index (κ1) is 21.7. The molecule has 1 unspecified atom stereocenters.